The predicted octanol–water partition coefficient (Wildman–Crippen LogP) is 2.95. The van der Waals surface area contributed by atoms with Crippen molar-refractivity contribution < 1.29 is 4.74 Å². The molecule has 0 aromatic heterocycles. The Morgan fingerprint density at radius 2 is 2.20 bits per heavy atom. The SMILES string of the molecule is COc1ccc(Cl)c(I)c1. The van der Waals surface area contributed by atoms with Gasteiger partial charge in [-0.05, 0) is 40.8 Å². The summed E-state index contributed by atoms with van der Waals surface area (Å²) in [6, 6.07) is 5.55. The zero-order valence-electron chi connectivity index (χ0n) is 5.40. The highest BCUT2D eigenvalue weighted by molar-refractivity contribution is 14.1. The highest BCUT2D eigenvalue weighted by Gasteiger charge is 1.96. The molecule has 54 valence electrons. The van der Waals surface area contributed by atoms with Gasteiger partial charge in [0.15, 0.2) is 0 Å². The van der Waals surface area contributed by atoms with E-state index in [0.717, 1.165) is 14.3 Å². The quantitative estimate of drug-likeness (QED) is 0.712. The van der Waals surface area contributed by atoms with E-state index < -0.39 is 0 Å². The molecular weight excluding hydrogens is 262 g/mol. The van der Waals surface area contributed by atoms with Gasteiger partial charge in [-0.1, -0.05) is 11.6 Å². The molecule has 0 aliphatic rings. The van der Waals surface area contributed by atoms with Crippen LogP contribution in [0.3, 0.4) is 0 Å². The van der Waals surface area contributed by atoms with Crippen LogP contribution in [0.15, 0.2) is 18.2 Å². The van der Waals surface area contributed by atoms with Gasteiger partial charge < -0.3 is 4.74 Å². The maximum Gasteiger partial charge on any atom is 0.120 e. The summed E-state index contributed by atoms with van der Waals surface area (Å²) < 4.78 is 6.00. The van der Waals surface area contributed by atoms with Crippen LogP contribution in [-0.4, -0.2) is 7.11 Å². The lowest BCUT2D eigenvalue weighted by Crippen LogP contribution is -1.82. The minimum atomic E-state index is 0.765. The Labute approximate surface area is 78.5 Å². The van der Waals surface area contributed by atoms with Gasteiger partial charge in [0, 0.05) is 3.57 Å². The molecule has 10 heavy (non-hydrogen) atoms. The topological polar surface area (TPSA) is 9.23 Å². The summed E-state index contributed by atoms with van der Waals surface area (Å²) in [7, 11) is 1.64. The standard InChI is InChI=1S/C7H6ClIO/c1-10-5-2-3-6(8)7(9)4-5/h2-4H,1H3. The molecule has 0 radical (unpaired) electrons. The van der Waals surface area contributed by atoms with Crippen LogP contribution in [0.2, 0.25) is 5.02 Å². The second kappa shape index (κ2) is 3.44. The number of ether oxygens (including phenoxy) is 1. The molecule has 0 N–H and O–H groups in total. The highest BCUT2D eigenvalue weighted by atomic mass is 127. The van der Waals surface area contributed by atoms with Gasteiger partial charge in [-0.2, -0.15) is 0 Å². The fourth-order valence-electron chi connectivity index (χ4n) is 0.604. The molecule has 1 aromatic rings. The Balaban J connectivity index is 3.04. The molecule has 0 bridgehead atoms. The Morgan fingerprint density at radius 1 is 1.50 bits per heavy atom. The van der Waals surface area contributed by atoms with Crippen molar-refractivity contribution in [2.24, 2.45) is 0 Å². The van der Waals surface area contributed by atoms with Crippen LogP contribution >= 0.6 is 34.2 Å². The van der Waals surface area contributed by atoms with Crippen LogP contribution in [-0.2, 0) is 0 Å². The van der Waals surface area contributed by atoms with Crippen LogP contribution in [0, 0.1) is 3.57 Å². The predicted molar refractivity (Wildman–Crippen MR) is 50.7 cm³/mol. The lowest BCUT2D eigenvalue weighted by molar-refractivity contribution is 0.414. The molecule has 1 rings (SSSR count). The molecule has 1 nitrogen and oxygen atoms in total. The molecule has 0 heterocycles. The van der Waals surface area contributed by atoms with Gasteiger partial charge >= 0.3 is 0 Å². The third-order valence-electron chi connectivity index (χ3n) is 1.13. The average molecular weight is 268 g/mol. The molecule has 0 aliphatic carbocycles. The van der Waals surface area contributed by atoms with Crippen molar-refractivity contribution >= 4 is 34.2 Å². The van der Waals surface area contributed by atoms with Crippen molar-refractivity contribution in [3.05, 3.63) is 26.8 Å². The van der Waals surface area contributed by atoms with Gasteiger partial charge in [0.2, 0.25) is 0 Å². The fourth-order valence-corrected chi connectivity index (χ4v) is 1.21. The molecule has 0 aliphatic heterocycles. The summed E-state index contributed by atoms with van der Waals surface area (Å²) in [5.74, 6) is 0.841. The fraction of sp³-hybridized carbons (Fsp3) is 0.143. The van der Waals surface area contributed by atoms with E-state index in [1.54, 1.807) is 7.11 Å². The summed E-state index contributed by atoms with van der Waals surface area (Å²) in [5.41, 5.74) is 0. The molecule has 0 atom stereocenters. The first-order valence-electron chi connectivity index (χ1n) is 2.73. The van der Waals surface area contributed by atoms with E-state index in [1.165, 1.54) is 0 Å². The van der Waals surface area contributed by atoms with Crippen LogP contribution in [0.4, 0.5) is 0 Å². The molecule has 0 saturated heterocycles. The molecular formula is C7H6ClIO. The smallest absolute Gasteiger partial charge is 0.120 e. The molecule has 0 amide bonds. The second-order valence-corrected chi connectivity index (χ2v) is 3.35. The first kappa shape index (κ1) is 8.14. The van der Waals surface area contributed by atoms with Crippen molar-refractivity contribution in [3.8, 4) is 5.75 Å². The number of hydrogen-bond acceptors (Lipinski definition) is 1. The minimum Gasteiger partial charge on any atom is -0.497 e. The van der Waals surface area contributed by atoms with Crippen LogP contribution in [0.25, 0.3) is 0 Å². The molecule has 0 spiro atoms. The third kappa shape index (κ3) is 1.76. The van der Waals surface area contributed by atoms with E-state index in [-0.39, 0.29) is 0 Å². The van der Waals surface area contributed by atoms with E-state index >= 15 is 0 Å². The first-order valence-corrected chi connectivity index (χ1v) is 4.19. The minimum absolute atomic E-state index is 0.765. The van der Waals surface area contributed by atoms with Crippen LogP contribution in [0.5, 0.6) is 5.75 Å². The maximum absolute atomic E-state index is 5.77. The summed E-state index contributed by atoms with van der Waals surface area (Å²) >= 11 is 7.94. The first-order chi connectivity index (χ1) is 4.74. The van der Waals surface area contributed by atoms with Gasteiger partial charge in [-0.25, -0.2) is 0 Å². The Morgan fingerprint density at radius 3 is 2.70 bits per heavy atom. The zero-order chi connectivity index (χ0) is 7.56. The Kier molecular flexibility index (Phi) is 2.80. The monoisotopic (exact) mass is 268 g/mol. The van der Waals surface area contributed by atoms with Crippen molar-refractivity contribution in [3.63, 3.8) is 0 Å². The maximum atomic E-state index is 5.77. The number of halogens is 2. The summed E-state index contributed by atoms with van der Waals surface area (Å²) in [5, 5.41) is 0.765. The van der Waals surface area contributed by atoms with E-state index in [9.17, 15) is 0 Å². The van der Waals surface area contributed by atoms with E-state index in [4.69, 9.17) is 16.3 Å². The highest BCUT2D eigenvalue weighted by Crippen LogP contribution is 2.22. The van der Waals surface area contributed by atoms with E-state index in [0.29, 0.717) is 0 Å². The Bertz CT molecular complexity index is 237. The molecule has 0 saturated carbocycles. The number of rotatable bonds is 1. The van der Waals surface area contributed by atoms with Crippen LogP contribution < -0.4 is 4.74 Å². The Hall–Kier alpha value is 0.0400. The zero-order valence-corrected chi connectivity index (χ0v) is 8.31. The summed E-state index contributed by atoms with van der Waals surface area (Å²) in [4.78, 5) is 0. The van der Waals surface area contributed by atoms with E-state index in [2.05, 4.69) is 22.6 Å². The number of methoxy groups -OCH3 is 1. The van der Waals surface area contributed by atoms with Crippen LogP contribution in [0.1, 0.15) is 0 Å². The molecule has 3 heteroatoms. The van der Waals surface area contributed by atoms with E-state index in [1.807, 2.05) is 18.2 Å². The lowest BCUT2D eigenvalue weighted by Gasteiger charge is -1.99. The van der Waals surface area contributed by atoms with Gasteiger partial charge in [0.05, 0.1) is 12.1 Å². The van der Waals surface area contributed by atoms with Crippen molar-refractivity contribution in [1.82, 2.24) is 0 Å². The molecule has 0 unspecified atom stereocenters. The molecule has 0 fully saturated rings. The number of benzene rings is 1. The summed E-state index contributed by atoms with van der Waals surface area (Å²) in [6.45, 7) is 0. The molecule has 1 aromatic carbocycles. The van der Waals surface area contributed by atoms with Crippen molar-refractivity contribution in [2.75, 3.05) is 7.11 Å². The average Bonchev–Trinajstić information content (AvgIpc) is 1.95. The van der Waals surface area contributed by atoms with Gasteiger partial charge in [-0.3, -0.25) is 0 Å². The van der Waals surface area contributed by atoms with Gasteiger partial charge in [0.1, 0.15) is 5.75 Å². The van der Waals surface area contributed by atoms with Gasteiger partial charge in [0.25, 0.3) is 0 Å². The summed E-state index contributed by atoms with van der Waals surface area (Å²) in [6.07, 6.45) is 0. The van der Waals surface area contributed by atoms with Gasteiger partial charge in [-0.15, -0.1) is 0 Å². The van der Waals surface area contributed by atoms with Crippen molar-refractivity contribution in [2.45, 2.75) is 0 Å². The normalized spacial score (nSPS) is 9.50. The lowest BCUT2D eigenvalue weighted by atomic mass is 10.3. The largest absolute Gasteiger partial charge is 0.497 e. The third-order valence-corrected chi connectivity index (χ3v) is 2.67. The number of hydrogen-bond donors (Lipinski definition) is 0. The second-order valence-electron chi connectivity index (χ2n) is 1.78. The van der Waals surface area contributed by atoms with Crippen molar-refractivity contribution in [1.29, 1.82) is 0 Å².